The molecule has 0 spiro atoms. The number of carbonyl (C=O) groups excluding carboxylic acids is 1. The molecule has 1 aromatic rings. The van der Waals surface area contributed by atoms with Crippen LogP contribution >= 0.6 is 0 Å². The van der Waals surface area contributed by atoms with Crippen LogP contribution in [-0.4, -0.2) is 17.6 Å². The van der Waals surface area contributed by atoms with E-state index in [4.69, 9.17) is 0 Å². The van der Waals surface area contributed by atoms with Crippen LogP contribution in [0.1, 0.15) is 42.1 Å². The number of aromatic hydroxyl groups is 1. The second kappa shape index (κ2) is 4.40. The van der Waals surface area contributed by atoms with Gasteiger partial charge in [0.05, 0.1) is 0 Å². The number of amides is 1. The molecule has 1 aliphatic carbocycles. The van der Waals surface area contributed by atoms with E-state index < -0.39 is 0 Å². The van der Waals surface area contributed by atoms with E-state index in [2.05, 4.69) is 12.2 Å². The van der Waals surface area contributed by atoms with E-state index in [1.807, 2.05) is 6.92 Å². The summed E-state index contributed by atoms with van der Waals surface area (Å²) in [7, 11) is 0. The van der Waals surface area contributed by atoms with E-state index in [0.717, 1.165) is 12.1 Å². The third-order valence-electron chi connectivity index (χ3n) is 3.69. The minimum atomic E-state index is -0.0457. The van der Waals surface area contributed by atoms with Crippen molar-refractivity contribution in [2.45, 2.75) is 33.1 Å². The lowest BCUT2D eigenvalue weighted by molar-refractivity contribution is 0.0890. The van der Waals surface area contributed by atoms with Gasteiger partial charge in [-0.3, -0.25) is 4.79 Å². The highest BCUT2D eigenvalue weighted by Crippen LogP contribution is 2.39. The minimum Gasteiger partial charge on any atom is -0.508 e. The maximum absolute atomic E-state index is 12.0. The molecule has 1 saturated carbocycles. The predicted molar refractivity (Wildman–Crippen MR) is 67.1 cm³/mol. The molecule has 1 amide bonds. The third kappa shape index (κ3) is 2.60. The first kappa shape index (κ1) is 12.0. The van der Waals surface area contributed by atoms with Crippen LogP contribution in [0.4, 0.5) is 0 Å². The SMILES string of the molecule is Cc1cc(O)ccc1C(=O)NCC1(C)CCC1. The molecule has 0 heterocycles. The van der Waals surface area contributed by atoms with Crippen LogP contribution in [0.15, 0.2) is 18.2 Å². The van der Waals surface area contributed by atoms with Gasteiger partial charge in [0.1, 0.15) is 5.75 Å². The summed E-state index contributed by atoms with van der Waals surface area (Å²) in [5, 5.41) is 12.3. The lowest BCUT2D eigenvalue weighted by atomic mass is 9.70. The molecule has 2 rings (SSSR count). The number of benzene rings is 1. The number of phenolic OH excluding ortho intramolecular Hbond substituents is 1. The molecule has 0 aromatic heterocycles. The molecule has 3 nitrogen and oxygen atoms in total. The van der Waals surface area contributed by atoms with Crippen molar-refractivity contribution in [1.29, 1.82) is 0 Å². The fraction of sp³-hybridized carbons (Fsp3) is 0.500. The van der Waals surface area contributed by atoms with E-state index in [1.165, 1.54) is 19.3 Å². The molecule has 1 aliphatic rings. The molecule has 2 N–H and O–H groups in total. The van der Waals surface area contributed by atoms with Gasteiger partial charge in [-0.2, -0.15) is 0 Å². The molecule has 0 radical (unpaired) electrons. The summed E-state index contributed by atoms with van der Waals surface area (Å²) < 4.78 is 0. The molecule has 17 heavy (non-hydrogen) atoms. The first-order valence-electron chi connectivity index (χ1n) is 6.08. The van der Waals surface area contributed by atoms with Crippen molar-refractivity contribution >= 4 is 5.91 Å². The van der Waals surface area contributed by atoms with Crippen molar-refractivity contribution in [2.24, 2.45) is 5.41 Å². The van der Waals surface area contributed by atoms with Gasteiger partial charge in [-0.25, -0.2) is 0 Å². The van der Waals surface area contributed by atoms with Gasteiger partial charge in [0.2, 0.25) is 0 Å². The Morgan fingerprint density at radius 3 is 2.71 bits per heavy atom. The Hall–Kier alpha value is -1.51. The summed E-state index contributed by atoms with van der Waals surface area (Å²) in [5.41, 5.74) is 1.74. The maximum Gasteiger partial charge on any atom is 0.251 e. The number of aryl methyl sites for hydroxylation is 1. The van der Waals surface area contributed by atoms with E-state index in [9.17, 15) is 9.90 Å². The Morgan fingerprint density at radius 1 is 1.47 bits per heavy atom. The molecule has 1 fully saturated rings. The van der Waals surface area contributed by atoms with Crippen LogP contribution in [0, 0.1) is 12.3 Å². The normalized spacial score (nSPS) is 17.3. The molecular formula is C14H19NO2. The highest BCUT2D eigenvalue weighted by molar-refractivity contribution is 5.95. The Kier molecular flexibility index (Phi) is 3.09. The lowest BCUT2D eigenvalue weighted by Crippen LogP contribution is -2.40. The first-order valence-corrected chi connectivity index (χ1v) is 6.08. The van der Waals surface area contributed by atoms with Gasteiger partial charge < -0.3 is 10.4 Å². The topological polar surface area (TPSA) is 49.3 Å². The van der Waals surface area contributed by atoms with Gasteiger partial charge in [-0.05, 0) is 48.9 Å². The predicted octanol–water partition coefficient (Wildman–Crippen LogP) is 2.62. The lowest BCUT2D eigenvalue weighted by Gasteiger charge is -2.38. The monoisotopic (exact) mass is 233 g/mol. The van der Waals surface area contributed by atoms with E-state index in [-0.39, 0.29) is 11.7 Å². The summed E-state index contributed by atoms with van der Waals surface area (Å²) >= 11 is 0. The van der Waals surface area contributed by atoms with Crippen LogP contribution in [0.3, 0.4) is 0 Å². The molecule has 92 valence electrons. The van der Waals surface area contributed by atoms with E-state index in [0.29, 0.717) is 11.0 Å². The minimum absolute atomic E-state index is 0.0457. The number of hydrogen-bond acceptors (Lipinski definition) is 2. The Balaban J connectivity index is 1.99. The van der Waals surface area contributed by atoms with Crippen molar-refractivity contribution in [3.05, 3.63) is 29.3 Å². The van der Waals surface area contributed by atoms with Gasteiger partial charge in [-0.15, -0.1) is 0 Å². The fourth-order valence-corrected chi connectivity index (χ4v) is 2.25. The van der Waals surface area contributed by atoms with Crippen LogP contribution in [0.25, 0.3) is 0 Å². The Labute approximate surface area is 102 Å². The molecule has 0 bridgehead atoms. The number of nitrogens with one attached hydrogen (secondary N) is 1. The van der Waals surface area contributed by atoms with Gasteiger partial charge in [-0.1, -0.05) is 13.3 Å². The number of rotatable bonds is 3. The Morgan fingerprint density at radius 2 is 2.18 bits per heavy atom. The quantitative estimate of drug-likeness (QED) is 0.843. The van der Waals surface area contributed by atoms with Crippen LogP contribution in [0.5, 0.6) is 5.75 Å². The Bertz CT molecular complexity index is 436. The van der Waals surface area contributed by atoms with Crippen molar-refractivity contribution in [3.63, 3.8) is 0 Å². The fourth-order valence-electron chi connectivity index (χ4n) is 2.25. The van der Waals surface area contributed by atoms with E-state index >= 15 is 0 Å². The smallest absolute Gasteiger partial charge is 0.251 e. The molecule has 0 aliphatic heterocycles. The molecular weight excluding hydrogens is 214 g/mol. The van der Waals surface area contributed by atoms with Crippen molar-refractivity contribution < 1.29 is 9.90 Å². The summed E-state index contributed by atoms with van der Waals surface area (Å²) in [6.07, 6.45) is 3.66. The van der Waals surface area contributed by atoms with E-state index in [1.54, 1.807) is 18.2 Å². The second-order valence-electron chi connectivity index (χ2n) is 5.35. The first-order chi connectivity index (χ1) is 8.00. The summed E-state index contributed by atoms with van der Waals surface area (Å²) in [6, 6.07) is 4.83. The highest BCUT2D eigenvalue weighted by atomic mass is 16.3. The van der Waals surface area contributed by atoms with Gasteiger partial charge in [0.25, 0.3) is 5.91 Å². The average molecular weight is 233 g/mol. The molecule has 0 unspecified atom stereocenters. The molecule has 0 saturated heterocycles. The van der Waals surface area contributed by atoms with Gasteiger partial charge in [0, 0.05) is 12.1 Å². The van der Waals surface area contributed by atoms with Crippen molar-refractivity contribution in [2.75, 3.05) is 6.54 Å². The summed E-state index contributed by atoms with van der Waals surface area (Å²) in [6.45, 7) is 4.78. The summed E-state index contributed by atoms with van der Waals surface area (Å²) in [4.78, 5) is 12.0. The number of carbonyl (C=O) groups is 1. The zero-order chi connectivity index (χ0) is 12.5. The number of hydrogen-bond donors (Lipinski definition) is 2. The third-order valence-corrected chi connectivity index (χ3v) is 3.69. The maximum atomic E-state index is 12.0. The van der Waals surface area contributed by atoms with Crippen LogP contribution < -0.4 is 5.32 Å². The molecule has 3 heteroatoms. The number of phenols is 1. The summed E-state index contributed by atoms with van der Waals surface area (Å²) in [5.74, 6) is 0.153. The van der Waals surface area contributed by atoms with Crippen LogP contribution in [0.2, 0.25) is 0 Å². The van der Waals surface area contributed by atoms with Gasteiger partial charge >= 0.3 is 0 Å². The van der Waals surface area contributed by atoms with Gasteiger partial charge in [0.15, 0.2) is 0 Å². The van der Waals surface area contributed by atoms with Crippen LogP contribution in [-0.2, 0) is 0 Å². The van der Waals surface area contributed by atoms with Crippen molar-refractivity contribution in [1.82, 2.24) is 5.32 Å². The standard InChI is InChI=1S/C14H19NO2/c1-10-8-11(16)4-5-12(10)13(17)15-9-14(2)6-3-7-14/h4-5,8,16H,3,6-7,9H2,1-2H3,(H,15,17). The highest BCUT2D eigenvalue weighted by Gasteiger charge is 2.31. The largest absolute Gasteiger partial charge is 0.508 e. The average Bonchev–Trinajstić information content (AvgIpc) is 2.23. The van der Waals surface area contributed by atoms with Crippen molar-refractivity contribution in [3.8, 4) is 5.75 Å². The molecule has 0 atom stereocenters. The zero-order valence-electron chi connectivity index (χ0n) is 10.4. The second-order valence-corrected chi connectivity index (χ2v) is 5.35. The zero-order valence-corrected chi connectivity index (χ0v) is 10.4. The molecule has 1 aromatic carbocycles.